The minimum Gasteiger partial charge on any atom is -0.321 e. The highest BCUT2D eigenvalue weighted by Gasteiger charge is 2.29. The highest BCUT2D eigenvalue weighted by Crippen LogP contribution is 2.29. The normalized spacial score (nSPS) is 13.8. The van der Waals surface area contributed by atoms with Crippen molar-refractivity contribution >= 4 is 34.7 Å². The monoisotopic (exact) mass is 287 g/mol. The summed E-state index contributed by atoms with van der Waals surface area (Å²) in [5.74, 6) is 0.514. The molecule has 5 nitrogen and oxygen atoms in total. The molecule has 2 heterocycles. The van der Waals surface area contributed by atoms with Crippen LogP contribution in [0.4, 0.5) is 11.5 Å². The van der Waals surface area contributed by atoms with Gasteiger partial charge >= 0.3 is 0 Å². The Bertz CT molecular complexity index is 618. The van der Waals surface area contributed by atoms with Crippen LogP contribution in [0.15, 0.2) is 35.2 Å². The highest BCUT2D eigenvalue weighted by molar-refractivity contribution is 7.08. The zero-order valence-corrected chi connectivity index (χ0v) is 11.4. The summed E-state index contributed by atoms with van der Waals surface area (Å²) >= 11 is 1.47. The third-order valence-electron chi connectivity index (χ3n) is 3.00. The molecule has 0 spiro atoms. The number of carbonyl (C=O) groups excluding carboxylic acids is 2. The van der Waals surface area contributed by atoms with Gasteiger partial charge in [0, 0.05) is 11.3 Å². The van der Waals surface area contributed by atoms with Crippen LogP contribution in [0.1, 0.15) is 23.2 Å². The second-order valence-corrected chi connectivity index (χ2v) is 5.44. The zero-order valence-electron chi connectivity index (χ0n) is 10.6. The SMILES string of the molecule is O=C(Nc1ccc(NC(=O)C2CC2)nc1)c1ccsc1. The van der Waals surface area contributed by atoms with Gasteiger partial charge in [0.15, 0.2) is 0 Å². The Kier molecular flexibility index (Phi) is 3.47. The van der Waals surface area contributed by atoms with E-state index in [0.29, 0.717) is 17.1 Å². The van der Waals surface area contributed by atoms with Crippen molar-refractivity contribution in [2.75, 3.05) is 10.6 Å². The summed E-state index contributed by atoms with van der Waals surface area (Å²) < 4.78 is 0. The fraction of sp³-hybridized carbons (Fsp3) is 0.214. The van der Waals surface area contributed by atoms with Crippen LogP contribution >= 0.6 is 11.3 Å². The largest absolute Gasteiger partial charge is 0.321 e. The number of nitrogens with one attached hydrogen (secondary N) is 2. The van der Waals surface area contributed by atoms with Crippen molar-refractivity contribution in [2.24, 2.45) is 5.92 Å². The molecular formula is C14H13N3O2S. The van der Waals surface area contributed by atoms with E-state index in [0.717, 1.165) is 12.8 Å². The highest BCUT2D eigenvalue weighted by atomic mass is 32.1. The maximum Gasteiger partial charge on any atom is 0.256 e. The number of rotatable bonds is 4. The average molecular weight is 287 g/mol. The third-order valence-corrected chi connectivity index (χ3v) is 3.69. The lowest BCUT2D eigenvalue weighted by Crippen LogP contribution is -2.15. The maximum atomic E-state index is 11.8. The second kappa shape index (κ2) is 5.42. The van der Waals surface area contributed by atoms with Gasteiger partial charge < -0.3 is 10.6 Å². The molecule has 102 valence electrons. The summed E-state index contributed by atoms with van der Waals surface area (Å²) in [6, 6.07) is 5.17. The van der Waals surface area contributed by atoms with Crippen molar-refractivity contribution in [1.29, 1.82) is 0 Å². The van der Waals surface area contributed by atoms with Crippen molar-refractivity contribution in [3.8, 4) is 0 Å². The van der Waals surface area contributed by atoms with Crippen LogP contribution in [-0.2, 0) is 4.79 Å². The second-order valence-electron chi connectivity index (χ2n) is 4.66. The number of carbonyl (C=O) groups is 2. The number of hydrogen-bond acceptors (Lipinski definition) is 4. The quantitative estimate of drug-likeness (QED) is 0.908. The Morgan fingerprint density at radius 1 is 1.20 bits per heavy atom. The molecule has 2 aromatic heterocycles. The lowest BCUT2D eigenvalue weighted by Gasteiger charge is -2.06. The molecule has 0 saturated heterocycles. The lowest BCUT2D eigenvalue weighted by atomic mass is 10.3. The van der Waals surface area contributed by atoms with E-state index in [-0.39, 0.29) is 17.7 Å². The molecule has 0 radical (unpaired) electrons. The van der Waals surface area contributed by atoms with Gasteiger partial charge in [-0.15, -0.1) is 0 Å². The Morgan fingerprint density at radius 2 is 2.05 bits per heavy atom. The summed E-state index contributed by atoms with van der Waals surface area (Å²) in [4.78, 5) is 27.5. The van der Waals surface area contributed by atoms with Crippen LogP contribution in [0.25, 0.3) is 0 Å². The van der Waals surface area contributed by atoms with Crippen molar-refractivity contribution in [3.63, 3.8) is 0 Å². The van der Waals surface area contributed by atoms with E-state index >= 15 is 0 Å². The van der Waals surface area contributed by atoms with Crippen molar-refractivity contribution in [2.45, 2.75) is 12.8 Å². The first-order valence-corrected chi connectivity index (χ1v) is 7.27. The molecule has 0 unspecified atom stereocenters. The van der Waals surface area contributed by atoms with Crippen molar-refractivity contribution in [3.05, 3.63) is 40.7 Å². The van der Waals surface area contributed by atoms with Crippen LogP contribution < -0.4 is 10.6 Å². The van der Waals surface area contributed by atoms with Gasteiger partial charge in [-0.05, 0) is 36.4 Å². The van der Waals surface area contributed by atoms with Crippen molar-refractivity contribution < 1.29 is 9.59 Å². The summed E-state index contributed by atoms with van der Waals surface area (Å²) in [6.07, 6.45) is 3.45. The van der Waals surface area contributed by atoms with Gasteiger partial charge in [-0.25, -0.2) is 4.98 Å². The number of anilines is 2. The molecule has 1 aliphatic rings. The molecule has 0 aliphatic heterocycles. The molecule has 0 aromatic carbocycles. The number of amides is 2. The van der Waals surface area contributed by atoms with Crippen LogP contribution in [-0.4, -0.2) is 16.8 Å². The van der Waals surface area contributed by atoms with E-state index in [1.54, 1.807) is 23.6 Å². The molecule has 3 rings (SSSR count). The first-order valence-electron chi connectivity index (χ1n) is 6.33. The molecule has 6 heteroatoms. The molecule has 1 aliphatic carbocycles. The summed E-state index contributed by atoms with van der Waals surface area (Å²) in [5.41, 5.74) is 1.23. The smallest absolute Gasteiger partial charge is 0.256 e. The maximum absolute atomic E-state index is 11.8. The summed E-state index contributed by atoms with van der Waals surface area (Å²) in [7, 11) is 0. The van der Waals surface area contributed by atoms with Gasteiger partial charge in [-0.2, -0.15) is 11.3 Å². The Labute approximate surface area is 120 Å². The number of hydrogen-bond donors (Lipinski definition) is 2. The number of pyridine rings is 1. The fourth-order valence-electron chi connectivity index (χ4n) is 1.71. The number of aromatic nitrogens is 1. The van der Waals surface area contributed by atoms with Crippen LogP contribution in [0.2, 0.25) is 0 Å². The van der Waals surface area contributed by atoms with E-state index in [9.17, 15) is 9.59 Å². The molecule has 20 heavy (non-hydrogen) atoms. The molecule has 1 saturated carbocycles. The predicted octanol–water partition coefficient (Wildman–Crippen LogP) is 2.74. The number of thiophene rings is 1. The lowest BCUT2D eigenvalue weighted by molar-refractivity contribution is -0.117. The molecule has 0 bridgehead atoms. The van der Waals surface area contributed by atoms with Crippen LogP contribution in [0.5, 0.6) is 0 Å². The van der Waals surface area contributed by atoms with Crippen LogP contribution in [0.3, 0.4) is 0 Å². The average Bonchev–Trinajstić information content (AvgIpc) is 3.16. The van der Waals surface area contributed by atoms with Gasteiger partial charge in [0.05, 0.1) is 17.4 Å². The molecule has 1 fully saturated rings. The van der Waals surface area contributed by atoms with Gasteiger partial charge in [0.2, 0.25) is 5.91 Å². The van der Waals surface area contributed by atoms with E-state index in [1.165, 1.54) is 17.5 Å². The summed E-state index contributed by atoms with van der Waals surface area (Å²) in [5, 5.41) is 9.14. The first-order chi connectivity index (χ1) is 9.72. The molecular weight excluding hydrogens is 274 g/mol. The Morgan fingerprint density at radius 3 is 2.65 bits per heavy atom. The summed E-state index contributed by atoms with van der Waals surface area (Å²) in [6.45, 7) is 0. The van der Waals surface area contributed by atoms with E-state index in [2.05, 4.69) is 15.6 Å². The standard InChI is InChI=1S/C14H13N3O2S/c18-13(9-1-2-9)17-12-4-3-11(7-15-12)16-14(19)10-5-6-20-8-10/h3-9H,1-2H2,(H,16,19)(H,15,17,18). The predicted molar refractivity (Wildman–Crippen MR) is 77.9 cm³/mol. The third kappa shape index (κ3) is 3.03. The fourth-order valence-corrected chi connectivity index (χ4v) is 2.35. The molecule has 2 aromatic rings. The Hall–Kier alpha value is -2.21. The first kappa shape index (κ1) is 12.8. The van der Waals surface area contributed by atoms with E-state index < -0.39 is 0 Å². The molecule has 2 amide bonds. The Balaban J connectivity index is 1.61. The van der Waals surface area contributed by atoms with Gasteiger partial charge in [-0.3, -0.25) is 9.59 Å². The topological polar surface area (TPSA) is 71.1 Å². The number of nitrogens with zero attached hydrogens (tertiary/aromatic N) is 1. The van der Waals surface area contributed by atoms with Gasteiger partial charge in [0.1, 0.15) is 5.82 Å². The molecule has 2 N–H and O–H groups in total. The minimum absolute atomic E-state index is 0.0209. The zero-order chi connectivity index (χ0) is 13.9. The van der Waals surface area contributed by atoms with E-state index in [1.807, 2.05) is 5.38 Å². The van der Waals surface area contributed by atoms with Crippen molar-refractivity contribution in [1.82, 2.24) is 4.98 Å². The van der Waals surface area contributed by atoms with E-state index in [4.69, 9.17) is 0 Å². The molecule has 0 atom stereocenters. The van der Waals surface area contributed by atoms with Gasteiger partial charge in [0.25, 0.3) is 5.91 Å². The van der Waals surface area contributed by atoms with Gasteiger partial charge in [-0.1, -0.05) is 0 Å². The van der Waals surface area contributed by atoms with Crippen LogP contribution in [0, 0.1) is 5.92 Å². The minimum atomic E-state index is -0.164.